The number of phenolic OH excluding ortho intramolecular Hbond substituents is 1. The molecule has 0 radical (unpaired) electrons. The van der Waals surface area contributed by atoms with Crippen LogP contribution in [-0.2, 0) is 9.59 Å². The molecular weight excluding hydrogens is 476 g/mol. The molecule has 7 nitrogen and oxygen atoms in total. The highest BCUT2D eigenvalue weighted by molar-refractivity contribution is 7.22. The van der Waals surface area contributed by atoms with Crippen LogP contribution in [-0.4, -0.2) is 34.0 Å². The summed E-state index contributed by atoms with van der Waals surface area (Å²) >= 11 is 7.32. The van der Waals surface area contributed by atoms with Crippen molar-refractivity contribution in [3.8, 4) is 11.5 Å². The van der Waals surface area contributed by atoms with Gasteiger partial charge in [-0.2, -0.15) is 0 Å². The molecule has 2 heterocycles. The summed E-state index contributed by atoms with van der Waals surface area (Å²) in [4.78, 5) is 32.4. The molecule has 1 aromatic heterocycles. The zero-order valence-corrected chi connectivity index (χ0v) is 19.3. The van der Waals surface area contributed by atoms with E-state index in [0.29, 0.717) is 21.9 Å². The number of methoxy groups -OCH3 is 1. The predicted octanol–water partition coefficient (Wildman–Crippen LogP) is 5.29. The van der Waals surface area contributed by atoms with Crippen molar-refractivity contribution in [1.29, 1.82) is 0 Å². The number of amides is 1. The highest BCUT2D eigenvalue weighted by atomic mass is 35.5. The maximum absolute atomic E-state index is 13.3. The van der Waals surface area contributed by atoms with Crippen LogP contribution >= 0.6 is 22.9 Å². The minimum atomic E-state index is -0.971. The average molecular weight is 493 g/mol. The van der Waals surface area contributed by atoms with Gasteiger partial charge in [-0.05, 0) is 48.0 Å². The number of fused-ring (bicyclic) bond motifs is 1. The van der Waals surface area contributed by atoms with Gasteiger partial charge < -0.3 is 14.9 Å². The number of aliphatic hydroxyl groups is 1. The number of anilines is 1. The third-order valence-electron chi connectivity index (χ3n) is 5.56. The van der Waals surface area contributed by atoms with Crippen LogP contribution in [0.5, 0.6) is 11.5 Å². The Kier molecular flexibility index (Phi) is 5.47. The van der Waals surface area contributed by atoms with Crippen molar-refractivity contribution in [3.05, 3.63) is 88.5 Å². The average Bonchev–Trinajstić information content (AvgIpc) is 3.37. The Morgan fingerprint density at radius 3 is 2.56 bits per heavy atom. The van der Waals surface area contributed by atoms with Crippen molar-refractivity contribution in [1.82, 2.24) is 4.98 Å². The summed E-state index contributed by atoms with van der Waals surface area (Å²) in [6, 6.07) is 17.0. The van der Waals surface area contributed by atoms with E-state index in [4.69, 9.17) is 16.3 Å². The predicted molar refractivity (Wildman–Crippen MR) is 131 cm³/mol. The third-order valence-corrected chi connectivity index (χ3v) is 6.81. The lowest BCUT2D eigenvalue weighted by Gasteiger charge is -2.23. The molecule has 9 heteroatoms. The molecule has 1 aliphatic heterocycles. The molecule has 1 aliphatic rings. The molecule has 1 amide bonds. The number of nitrogens with zero attached hydrogens (tertiary/aromatic N) is 2. The summed E-state index contributed by atoms with van der Waals surface area (Å²) < 4.78 is 6.10. The van der Waals surface area contributed by atoms with Crippen molar-refractivity contribution in [2.24, 2.45) is 0 Å². The Balaban J connectivity index is 1.75. The Bertz CT molecular complexity index is 1480. The smallest absolute Gasteiger partial charge is 0.301 e. The SMILES string of the molecule is COc1ccccc1/C(O)=C1\C(=O)C(=O)N(c2nc3ccc(Cl)cc3s2)C1c1ccc(O)cc1. The monoisotopic (exact) mass is 492 g/mol. The van der Waals surface area contributed by atoms with Gasteiger partial charge in [0.1, 0.15) is 17.3 Å². The zero-order valence-electron chi connectivity index (χ0n) is 17.7. The molecule has 0 saturated carbocycles. The van der Waals surface area contributed by atoms with Gasteiger partial charge in [0.2, 0.25) is 0 Å². The molecule has 0 aliphatic carbocycles. The van der Waals surface area contributed by atoms with Crippen LogP contribution in [0.4, 0.5) is 5.13 Å². The van der Waals surface area contributed by atoms with Crippen LogP contribution in [0, 0.1) is 0 Å². The third kappa shape index (κ3) is 3.57. The normalized spacial score (nSPS) is 17.5. The van der Waals surface area contributed by atoms with Gasteiger partial charge >= 0.3 is 5.91 Å². The van der Waals surface area contributed by atoms with Gasteiger partial charge in [-0.1, -0.05) is 47.2 Å². The molecule has 170 valence electrons. The number of carbonyl (C=O) groups is 2. The fraction of sp³-hybridized carbons (Fsp3) is 0.0800. The maximum Gasteiger partial charge on any atom is 0.301 e. The van der Waals surface area contributed by atoms with E-state index in [1.165, 1.54) is 35.5 Å². The number of ketones is 1. The van der Waals surface area contributed by atoms with Gasteiger partial charge in [0, 0.05) is 5.02 Å². The number of Topliss-reactive ketones (excluding diaryl/α,β-unsaturated/α-hetero) is 1. The largest absolute Gasteiger partial charge is 0.508 e. The quantitative estimate of drug-likeness (QED) is 0.228. The number of benzene rings is 3. The molecule has 0 bridgehead atoms. The van der Waals surface area contributed by atoms with Gasteiger partial charge in [0.25, 0.3) is 5.78 Å². The number of hydrogen-bond donors (Lipinski definition) is 2. The topological polar surface area (TPSA) is 100.0 Å². The van der Waals surface area contributed by atoms with Crippen LogP contribution in [0.15, 0.2) is 72.3 Å². The fourth-order valence-electron chi connectivity index (χ4n) is 3.98. The number of carbonyl (C=O) groups excluding carboxylic acids is 2. The van der Waals surface area contributed by atoms with Crippen LogP contribution < -0.4 is 9.64 Å². The number of aromatic nitrogens is 1. The summed E-state index contributed by atoms with van der Waals surface area (Å²) in [7, 11) is 1.45. The first-order valence-electron chi connectivity index (χ1n) is 10.2. The number of rotatable bonds is 4. The van der Waals surface area contributed by atoms with Crippen LogP contribution in [0.3, 0.4) is 0 Å². The lowest BCUT2D eigenvalue weighted by Crippen LogP contribution is -2.29. The van der Waals surface area contributed by atoms with Gasteiger partial charge in [-0.25, -0.2) is 4.98 Å². The lowest BCUT2D eigenvalue weighted by molar-refractivity contribution is -0.132. The van der Waals surface area contributed by atoms with Gasteiger partial charge in [-0.3, -0.25) is 14.5 Å². The number of para-hydroxylation sites is 1. The number of hydrogen-bond acceptors (Lipinski definition) is 7. The van der Waals surface area contributed by atoms with Gasteiger partial charge in [0.05, 0.1) is 34.5 Å². The second-order valence-electron chi connectivity index (χ2n) is 7.57. The molecule has 3 aromatic carbocycles. The molecule has 5 rings (SSSR count). The minimum absolute atomic E-state index is 0.0278. The maximum atomic E-state index is 13.3. The summed E-state index contributed by atoms with van der Waals surface area (Å²) in [6.07, 6.45) is 0. The van der Waals surface area contributed by atoms with E-state index in [2.05, 4.69) is 4.98 Å². The molecule has 1 unspecified atom stereocenters. The summed E-state index contributed by atoms with van der Waals surface area (Å²) in [5.41, 5.74) is 1.33. The van der Waals surface area contributed by atoms with Crippen molar-refractivity contribution in [2.45, 2.75) is 6.04 Å². The first-order valence-corrected chi connectivity index (χ1v) is 11.4. The molecule has 4 aromatic rings. The van der Waals surface area contributed by atoms with Crippen molar-refractivity contribution < 1.29 is 24.5 Å². The molecule has 0 spiro atoms. The molecular formula is C25H17ClN2O5S. The molecule has 34 heavy (non-hydrogen) atoms. The zero-order chi connectivity index (χ0) is 24.0. The first-order chi connectivity index (χ1) is 16.4. The van der Waals surface area contributed by atoms with E-state index in [-0.39, 0.29) is 27.8 Å². The summed E-state index contributed by atoms with van der Waals surface area (Å²) in [5, 5.41) is 21.9. The number of thiazole rings is 1. The van der Waals surface area contributed by atoms with Crippen LogP contribution in [0.25, 0.3) is 16.0 Å². The second-order valence-corrected chi connectivity index (χ2v) is 9.01. The highest BCUT2D eigenvalue weighted by Crippen LogP contribution is 2.45. The number of phenols is 1. The first kappa shape index (κ1) is 21.9. The second kappa shape index (κ2) is 8.48. The number of aromatic hydroxyl groups is 1. The molecule has 1 fully saturated rings. The summed E-state index contributed by atoms with van der Waals surface area (Å²) in [6.45, 7) is 0. The van der Waals surface area contributed by atoms with E-state index < -0.39 is 17.7 Å². The number of halogens is 1. The number of ether oxygens (including phenoxy) is 1. The van der Waals surface area contributed by atoms with E-state index in [9.17, 15) is 19.8 Å². The molecule has 1 atom stereocenters. The van der Waals surface area contributed by atoms with E-state index in [1.54, 1.807) is 54.6 Å². The Hall–Kier alpha value is -3.88. The van der Waals surface area contributed by atoms with E-state index in [0.717, 1.165) is 4.70 Å². The summed E-state index contributed by atoms with van der Waals surface area (Å²) in [5.74, 6) is -1.65. The standard InChI is InChI=1S/C25H17ClN2O5S/c1-33-18-5-3-2-4-16(18)22(30)20-21(13-6-9-15(29)10-7-13)28(24(32)23(20)31)25-27-17-11-8-14(26)12-19(17)34-25/h2-12,21,29-30H,1H3/b22-20+. The minimum Gasteiger partial charge on any atom is -0.508 e. The Labute approximate surface area is 203 Å². The lowest BCUT2D eigenvalue weighted by atomic mass is 9.95. The van der Waals surface area contributed by atoms with E-state index >= 15 is 0 Å². The van der Waals surface area contributed by atoms with E-state index in [1.807, 2.05) is 0 Å². The van der Waals surface area contributed by atoms with Crippen molar-refractivity contribution in [2.75, 3.05) is 12.0 Å². The van der Waals surface area contributed by atoms with Crippen LogP contribution in [0.1, 0.15) is 17.2 Å². The highest BCUT2D eigenvalue weighted by Gasteiger charge is 2.48. The Morgan fingerprint density at radius 1 is 1.09 bits per heavy atom. The fourth-order valence-corrected chi connectivity index (χ4v) is 5.24. The Morgan fingerprint density at radius 2 is 1.82 bits per heavy atom. The van der Waals surface area contributed by atoms with Gasteiger partial charge in [-0.15, -0.1) is 0 Å². The number of aliphatic hydroxyl groups excluding tert-OH is 1. The molecule has 1 saturated heterocycles. The van der Waals surface area contributed by atoms with Gasteiger partial charge in [0.15, 0.2) is 5.13 Å². The van der Waals surface area contributed by atoms with Crippen LogP contribution in [0.2, 0.25) is 5.02 Å². The van der Waals surface area contributed by atoms with Crippen molar-refractivity contribution >= 4 is 55.7 Å². The molecule has 2 N–H and O–H groups in total. The van der Waals surface area contributed by atoms with Crippen molar-refractivity contribution in [3.63, 3.8) is 0 Å².